The fourth-order valence-electron chi connectivity index (χ4n) is 2.88. The van der Waals surface area contributed by atoms with Crippen molar-refractivity contribution in [3.8, 4) is 0 Å². The Hall–Kier alpha value is -2.04. The van der Waals surface area contributed by atoms with Gasteiger partial charge in [0.1, 0.15) is 0 Å². The lowest BCUT2D eigenvalue weighted by Gasteiger charge is -2.31. The lowest BCUT2D eigenvalue weighted by Crippen LogP contribution is -2.51. The first-order chi connectivity index (χ1) is 11.6. The summed E-state index contributed by atoms with van der Waals surface area (Å²) >= 11 is 0. The molecular weight excluding hydrogens is 300 g/mol. The molecule has 1 fully saturated rings. The van der Waals surface area contributed by atoms with Gasteiger partial charge >= 0.3 is 0 Å². The van der Waals surface area contributed by atoms with E-state index in [-0.39, 0.29) is 11.9 Å². The Labute approximate surface area is 145 Å². The van der Waals surface area contributed by atoms with Crippen molar-refractivity contribution in [1.82, 2.24) is 15.5 Å². The summed E-state index contributed by atoms with van der Waals surface area (Å²) in [5, 5.41) is 6.75. The van der Waals surface area contributed by atoms with Gasteiger partial charge in [0.05, 0.1) is 0 Å². The number of aliphatic imine (C=N–C) groups is 1. The minimum atomic E-state index is 0.227. The van der Waals surface area contributed by atoms with E-state index in [0.717, 1.165) is 44.9 Å². The Morgan fingerprint density at radius 1 is 1.25 bits per heavy atom. The summed E-state index contributed by atoms with van der Waals surface area (Å²) < 4.78 is 0. The molecule has 1 aromatic rings. The largest absolute Gasteiger partial charge is 0.357 e. The Morgan fingerprint density at radius 3 is 2.58 bits per heavy atom. The van der Waals surface area contributed by atoms with Crippen molar-refractivity contribution in [3.05, 3.63) is 35.4 Å². The van der Waals surface area contributed by atoms with Crippen LogP contribution in [0, 0.1) is 0 Å². The molecule has 0 radical (unpaired) electrons. The van der Waals surface area contributed by atoms with Crippen LogP contribution in [0.2, 0.25) is 0 Å². The molecule has 1 heterocycles. The van der Waals surface area contributed by atoms with E-state index in [1.807, 2.05) is 7.05 Å². The van der Waals surface area contributed by atoms with Gasteiger partial charge in [-0.25, -0.2) is 0 Å². The summed E-state index contributed by atoms with van der Waals surface area (Å²) in [5.41, 5.74) is 2.68. The smallest absolute Gasteiger partial charge is 0.222 e. The van der Waals surface area contributed by atoms with E-state index in [9.17, 15) is 4.79 Å². The van der Waals surface area contributed by atoms with Crippen molar-refractivity contribution < 1.29 is 4.79 Å². The summed E-state index contributed by atoms with van der Waals surface area (Å²) in [6.07, 6.45) is 3.48. The summed E-state index contributed by atoms with van der Waals surface area (Å²) in [5.74, 6) is 1.07. The van der Waals surface area contributed by atoms with Crippen molar-refractivity contribution in [2.45, 2.75) is 45.6 Å². The zero-order valence-electron chi connectivity index (χ0n) is 15.1. The van der Waals surface area contributed by atoms with Gasteiger partial charge in [-0.1, -0.05) is 31.2 Å². The number of hydrogen-bond acceptors (Lipinski definition) is 2. The molecule has 2 rings (SSSR count). The van der Waals surface area contributed by atoms with Crippen molar-refractivity contribution >= 4 is 11.9 Å². The number of rotatable bonds is 6. The second kappa shape index (κ2) is 9.30. The molecule has 0 bridgehead atoms. The number of carbonyl (C=O) groups is 1. The van der Waals surface area contributed by atoms with Crippen molar-refractivity contribution in [2.24, 2.45) is 4.99 Å². The van der Waals surface area contributed by atoms with E-state index in [1.165, 1.54) is 11.1 Å². The summed E-state index contributed by atoms with van der Waals surface area (Å²) in [6.45, 7) is 6.56. The lowest BCUT2D eigenvalue weighted by atomic mass is 10.1. The van der Waals surface area contributed by atoms with Crippen LogP contribution in [0.5, 0.6) is 0 Å². The molecule has 5 nitrogen and oxygen atoms in total. The number of piperidine rings is 1. The van der Waals surface area contributed by atoms with E-state index in [4.69, 9.17) is 0 Å². The summed E-state index contributed by atoms with van der Waals surface area (Å²) in [6, 6.07) is 9.04. The summed E-state index contributed by atoms with van der Waals surface area (Å²) in [4.78, 5) is 18.1. The van der Waals surface area contributed by atoms with Gasteiger partial charge in [-0.2, -0.15) is 0 Å². The fraction of sp³-hybridized carbons (Fsp3) is 0.579. The Morgan fingerprint density at radius 2 is 1.96 bits per heavy atom. The Balaban J connectivity index is 1.86. The van der Waals surface area contributed by atoms with Gasteiger partial charge in [-0.05, 0) is 37.3 Å². The predicted octanol–water partition coefficient (Wildman–Crippen LogP) is 1.97. The first kappa shape index (κ1) is 18.3. The number of benzene rings is 1. The molecule has 2 N–H and O–H groups in total. The third-order valence-electron chi connectivity index (χ3n) is 4.41. The quantitative estimate of drug-likeness (QED) is 0.619. The number of aryl methyl sites for hydroxylation is 1. The molecule has 1 saturated heterocycles. The van der Waals surface area contributed by atoms with Crippen molar-refractivity contribution in [3.63, 3.8) is 0 Å². The molecule has 1 aliphatic rings. The third kappa shape index (κ3) is 5.55. The number of amides is 1. The van der Waals surface area contributed by atoms with E-state index in [2.05, 4.69) is 53.7 Å². The lowest BCUT2D eigenvalue weighted by molar-refractivity contribution is -0.132. The van der Waals surface area contributed by atoms with Crippen LogP contribution >= 0.6 is 0 Å². The van der Waals surface area contributed by atoms with E-state index in [1.54, 1.807) is 4.90 Å². The van der Waals surface area contributed by atoms with Gasteiger partial charge in [0.2, 0.25) is 5.91 Å². The van der Waals surface area contributed by atoms with E-state index < -0.39 is 0 Å². The number of nitrogens with one attached hydrogen (secondary N) is 2. The average molecular weight is 330 g/mol. The number of guanidine groups is 1. The second-order valence-corrected chi connectivity index (χ2v) is 6.33. The zero-order valence-corrected chi connectivity index (χ0v) is 15.1. The maximum Gasteiger partial charge on any atom is 0.222 e. The van der Waals surface area contributed by atoms with E-state index in [0.29, 0.717) is 6.42 Å². The van der Waals surface area contributed by atoms with Crippen LogP contribution in [0.25, 0.3) is 0 Å². The van der Waals surface area contributed by atoms with Gasteiger partial charge in [0.15, 0.2) is 5.96 Å². The topological polar surface area (TPSA) is 56.7 Å². The normalized spacial score (nSPS) is 18.6. The number of carbonyl (C=O) groups excluding carboxylic acids is 1. The maximum absolute atomic E-state index is 11.6. The maximum atomic E-state index is 11.6. The highest BCUT2D eigenvalue weighted by Crippen LogP contribution is 2.09. The highest BCUT2D eigenvalue weighted by molar-refractivity contribution is 5.81. The van der Waals surface area contributed by atoms with Crippen LogP contribution in [0.1, 0.15) is 37.8 Å². The molecule has 1 amide bonds. The van der Waals surface area contributed by atoms with Crippen LogP contribution in [0.4, 0.5) is 0 Å². The van der Waals surface area contributed by atoms with Gasteiger partial charge in [0, 0.05) is 39.1 Å². The molecule has 1 aromatic carbocycles. The first-order valence-electron chi connectivity index (χ1n) is 8.99. The molecule has 1 unspecified atom stereocenters. The number of hydrogen-bond donors (Lipinski definition) is 2. The molecule has 0 aliphatic carbocycles. The van der Waals surface area contributed by atoms with Crippen LogP contribution in [-0.2, 0) is 17.6 Å². The van der Waals surface area contributed by atoms with Crippen LogP contribution in [-0.4, -0.2) is 49.5 Å². The first-order valence-corrected chi connectivity index (χ1v) is 8.99. The highest BCUT2D eigenvalue weighted by Gasteiger charge is 2.23. The molecule has 0 saturated carbocycles. The minimum absolute atomic E-state index is 0.227. The van der Waals surface area contributed by atoms with Gasteiger partial charge < -0.3 is 15.5 Å². The molecular formula is C19H30N4O. The Kier molecular flexibility index (Phi) is 7.09. The molecule has 0 aromatic heterocycles. The molecule has 5 heteroatoms. The number of likely N-dealkylation sites (tertiary alicyclic amines) is 1. The Bertz CT molecular complexity index is 553. The highest BCUT2D eigenvalue weighted by atomic mass is 16.2. The van der Waals surface area contributed by atoms with Crippen LogP contribution in [0.3, 0.4) is 0 Å². The minimum Gasteiger partial charge on any atom is -0.357 e. The second-order valence-electron chi connectivity index (χ2n) is 6.33. The van der Waals surface area contributed by atoms with Gasteiger partial charge in [-0.3, -0.25) is 9.79 Å². The van der Waals surface area contributed by atoms with E-state index >= 15 is 0 Å². The average Bonchev–Trinajstić information content (AvgIpc) is 2.59. The molecule has 132 valence electrons. The SMILES string of the molecule is CCNC(=NCCc1ccc(CC)cc1)NC1CCC(=O)N(C)C1. The predicted molar refractivity (Wildman–Crippen MR) is 99.3 cm³/mol. The number of likely N-dealkylation sites (N-methyl/N-ethyl adjacent to an activating group) is 1. The third-order valence-corrected chi connectivity index (χ3v) is 4.41. The molecule has 1 atom stereocenters. The molecule has 0 spiro atoms. The van der Waals surface area contributed by atoms with Gasteiger partial charge in [-0.15, -0.1) is 0 Å². The van der Waals surface area contributed by atoms with Crippen molar-refractivity contribution in [2.75, 3.05) is 26.7 Å². The number of nitrogens with zero attached hydrogens (tertiary/aromatic N) is 2. The summed E-state index contributed by atoms with van der Waals surface area (Å²) in [7, 11) is 1.86. The fourth-order valence-corrected chi connectivity index (χ4v) is 2.88. The molecule has 24 heavy (non-hydrogen) atoms. The van der Waals surface area contributed by atoms with Gasteiger partial charge in [0.25, 0.3) is 0 Å². The standard InChI is InChI=1S/C19H30N4O/c1-4-15-6-8-16(9-7-15)12-13-21-19(20-5-2)22-17-10-11-18(24)23(3)14-17/h6-9,17H,4-5,10-14H2,1-3H3,(H2,20,21,22). The molecule has 1 aliphatic heterocycles. The van der Waals surface area contributed by atoms with Crippen molar-refractivity contribution in [1.29, 1.82) is 0 Å². The van der Waals surface area contributed by atoms with Crippen LogP contribution < -0.4 is 10.6 Å². The monoisotopic (exact) mass is 330 g/mol. The zero-order chi connectivity index (χ0) is 17.4. The van der Waals surface area contributed by atoms with Crippen LogP contribution in [0.15, 0.2) is 29.3 Å².